The van der Waals surface area contributed by atoms with E-state index in [1.807, 2.05) is 36.4 Å². The van der Waals surface area contributed by atoms with Gasteiger partial charge in [-0.1, -0.05) is 26.7 Å². The molecule has 204 valence electrons. The lowest BCUT2D eigenvalue weighted by molar-refractivity contribution is -0.114. The van der Waals surface area contributed by atoms with Crippen LogP contribution in [0, 0.1) is 11.8 Å². The summed E-state index contributed by atoms with van der Waals surface area (Å²) in [6, 6.07) is 11.2. The lowest BCUT2D eigenvalue weighted by atomic mass is 9.87. The molecule has 0 bridgehead atoms. The van der Waals surface area contributed by atoms with Crippen LogP contribution in [0.4, 0.5) is 11.4 Å². The number of nitrogen functional groups attached to an aromatic ring is 1. The minimum atomic E-state index is -0.0919. The predicted molar refractivity (Wildman–Crippen MR) is 167 cm³/mol. The Morgan fingerprint density at radius 2 is 1.36 bits per heavy atom. The third kappa shape index (κ3) is 5.80. The predicted octanol–water partition coefficient (Wildman–Crippen LogP) is 7.09. The highest BCUT2D eigenvalue weighted by Gasteiger charge is 2.23. The molecule has 2 aliphatic rings. The number of carbonyl (C=O) groups excluding carboxylic acids is 1. The molecule has 0 radical (unpaired) electrons. The topological polar surface area (TPSA) is 89.3 Å². The van der Waals surface area contributed by atoms with E-state index in [1.165, 1.54) is 29.5 Å². The van der Waals surface area contributed by atoms with Gasteiger partial charge in [-0.05, 0) is 86.8 Å². The van der Waals surface area contributed by atoms with Gasteiger partial charge in [-0.3, -0.25) is 14.4 Å². The van der Waals surface area contributed by atoms with Crippen LogP contribution in [0.1, 0.15) is 67.3 Å². The second kappa shape index (κ2) is 11.6. The van der Waals surface area contributed by atoms with E-state index in [0.717, 1.165) is 87.1 Å². The van der Waals surface area contributed by atoms with Gasteiger partial charge >= 0.3 is 0 Å². The first kappa shape index (κ1) is 27.5. The number of nitrogens with one attached hydrogen (secondary N) is 1. The molecule has 0 saturated carbocycles. The maximum atomic E-state index is 12.6. The van der Waals surface area contributed by atoms with Crippen molar-refractivity contribution in [2.75, 3.05) is 11.1 Å². The average molecular weight is 561 g/mol. The number of hydrogen-bond acceptors (Lipinski definition) is 6. The zero-order valence-electron chi connectivity index (χ0n) is 22.9. The van der Waals surface area contributed by atoms with Crippen LogP contribution in [0.3, 0.4) is 0 Å². The maximum absolute atomic E-state index is 12.6. The van der Waals surface area contributed by atoms with Crippen molar-refractivity contribution < 1.29 is 4.79 Å². The van der Waals surface area contributed by atoms with E-state index < -0.39 is 0 Å². The van der Waals surface area contributed by atoms with Crippen molar-refractivity contribution in [2.24, 2.45) is 11.8 Å². The molecule has 0 fully saturated rings. The Kier molecular flexibility index (Phi) is 8.19. The molecule has 0 saturated heterocycles. The van der Waals surface area contributed by atoms with E-state index in [0.29, 0.717) is 5.92 Å². The van der Waals surface area contributed by atoms with Crippen molar-refractivity contribution in [1.29, 1.82) is 0 Å². The van der Waals surface area contributed by atoms with Crippen molar-refractivity contribution in [3.8, 4) is 0 Å². The summed E-state index contributed by atoms with van der Waals surface area (Å²) in [6.07, 6.45) is 8.60. The molecule has 2 aromatic heterocycles. The normalized spacial score (nSPS) is 18.1. The first-order chi connectivity index (χ1) is 18.8. The van der Waals surface area contributed by atoms with Crippen molar-refractivity contribution in [1.82, 2.24) is 0 Å². The standard InChI is InChI=1S/C17H19NO2S.C15H17NOS/c1-3-11-4-6-13-15(8-11)21-16-9-12(18-10(2)19)5-7-14(16)17(13)20;1-2-9-3-5-11-13(7-9)18-14-8-10(16)4-6-12(14)15(11)17/h5,7,9,11H,3-4,6,8H2,1-2H3,(H,18,19);4,6,8-9H,2-3,5,7,16H2,1H3. The third-order valence-electron chi connectivity index (χ3n) is 8.19. The van der Waals surface area contributed by atoms with E-state index in [1.54, 1.807) is 22.7 Å². The smallest absolute Gasteiger partial charge is 0.221 e. The molecule has 0 spiro atoms. The van der Waals surface area contributed by atoms with Crippen molar-refractivity contribution in [3.05, 3.63) is 77.7 Å². The van der Waals surface area contributed by atoms with Crippen molar-refractivity contribution >= 4 is 60.1 Å². The number of hydrogen-bond donors (Lipinski definition) is 2. The zero-order chi connectivity index (χ0) is 27.7. The molecule has 7 heteroatoms. The number of carbonyl (C=O) groups is 1. The van der Waals surface area contributed by atoms with Crippen LogP contribution >= 0.6 is 22.7 Å². The molecule has 2 aromatic carbocycles. The number of anilines is 2. The van der Waals surface area contributed by atoms with E-state index in [2.05, 4.69) is 19.2 Å². The molecule has 0 aliphatic heterocycles. The Morgan fingerprint density at radius 3 is 1.87 bits per heavy atom. The minimum Gasteiger partial charge on any atom is -0.399 e. The highest BCUT2D eigenvalue weighted by molar-refractivity contribution is 7.18. The molecule has 4 aromatic rings. The van der Waals surface area contributed by atoms with Gasteiger partial charge in [0.05, 0.1) is 0 Å². The average Bonchev–Trinajstić information content (AvgIpc) is 2.92. The molecule has 2 unspecified atom stereocenters. The van der Waals surface area contributed by atoms with Crippen LogP contribution in [-0.4, -0.2) is 5.91 Å². The third-order valence-corrected chi connectivity index (χ3v) is 10.6. The van der Waals surface area contributed by atoms with Gasteiger partial charge in [0, 0.05) is 59.4 Å². The highest BCUT2D eigenvalue weighted by Crippen LogP contribution is 2.34. The van der Waals surface area contributed by atoms with Crippen LogP contribution in [0.15, 0.2) is 46.0 Å². The van der Waals surface area contributed by atoms with Gasteiger partial charge in [0.1, 0.15) is 0 Å². The Morgan fingerprint density at radius 1 is 0.846 bits per heavy atom. The monoisotopic (exact) mass is 560 g/mol. The molecular formula is C32H36N2O3S2. The quantitative estimate of drug-likeness (QED) is 0.262. The molecule has 6 rings (SSSR count). The number of nitrogens with two attached hydrogens (primary N) is 1. The number of amides is 1. The van der Waals surface area contributed by atoms with Crippen LogP contribution in [-0.2, 0) is 30.5 Å². The molecular weight excluding hydrogens is 524 g/mol. The van der Waals surface area contributed by atoms with Gasteiger partial charge in [0.2, 0.25) is 5.91 Å². The van der Waals surface area contributed by atoms with Gasteiger partial charge in [0.15, 0.2) is 10.9 Å². The molecule has 5 nitrogen and oxygen atoms in total. The summed E-state index contributed by atoms with van der Waals surface area (Å²) in [5.74, 6) is 1.35. The Labute approximate surface area is 237 Å². The molecule has 3 N–H and O–H groups in total. The fourth-order valence-corrected chi connectivity index (χ4v) is 8.54. The lowest BCUT2D eigenvalue weighted by Crippen LogP contribution is -2.20. The van der Waals surface area contributed by atoms with E-state index >= 15 is 0 Å². The zero-order valence-corrected chi connectivity index (χ0v) is 24.5. The number of benzene rings is 2. The van der Waals surface area contributed by atoms with Crippen LogP contribution in [0.25, 0.3) is 20.2 Å². The summed E-state index contributed by atoms with van der Waals surface area (Å²) in [5, 5.41) is 4.40. The first-order valence-corrected chi connectivity index (χ1v) is 15.6. The van der Waals surface area contributed by atoms with Gasteiger partial charge in [0.25, 0.3) is 0 Å². The summed E-state index contributed by atoms with van der Waals surface area (Å²) in [4.78, 5) is 38.8. The summed E-state index contributed by atoms with van der Waals surface area (Å²) >= 11 is 3.47. The summed E-state index contributed by atoms with van der Waals surface area (Å²) in [6.45, 7) is 5.94. The van der Waals surface area contributed by atoms with Gasteiger partial charge in [-0.2, -0.15) is 0 Å². The number of rotatable bonds is 3. The summed E-state index contributed by atoms with van der Waals surface area (Å²) in [5.41, 5.74) is 9.79. The lowest BCUT2D eigenvalue weighted by Gasteiger charge is -2.22. The maximum Gasteiger partial charge on any atom is 0.221 e. The second-order valence-corrected chi connectivity index (χ2v) is 13.1. The fourth-order valence-electron chi connectivity index (χ4n) is 5.81. The minimum absolute atomic E-state index is 0.0919. The van der Waals surface area contributed by atoms with Crippen LogP contribution in [0.5, 0.6) is 0 Å². The summed E-state index contributed by atoms with van der Waals surface area (Å²) in [7, 11) is 0. The largest absolute Gasteiger partial charge is 0.399 e. The SMILES string of the molecule is CCC1CCc2c(sc3cc(N)ccc3c2=O)C1.CCC1CCc2c(sc3cc(NC(C)=O)ccc3c2=O)C1. The first-order valence-electron chi connectivity index (χ1n) is 14.0. The van der Waals surface area contributed by atoms with E-state index in [9.17, 15) is 14.4 Å². The van der Waals surface area contributed by atoms with Gasteiger partial charge < -0.3 is 11.1 Å². The van der Waals surface area contributed by atoms with Crippen molar-refractivity contribution in [2.45, 2.75) is 72.1 Å². The van der Waals surface area contributed by atoms with Gasteiger partial charge in [-0.25, -0.2) is 0 Å². The Bertz CT molecular complexity index is 1670. The molecule has 2 atom stereocenters. The van der Waals surface area contributed by atoms with E-state index in [-0.39, 0.29) is 16.8 Å². The second-order valence-electron chi connectivity index (χ2n) is 10.8. The van der Waals surface area contributed by atoms with Crippen LogP contribution in [0.2, 0.25) is 0 Å². The Hall–Kier alpha value is -3.03. The van der Waals surface area contributed by atoms with Gasteiger partial charge in [-0.15, -0.1) is 22.7 Å². The molecule has 2 aliphatic carbocycles. The fraction of sp³-hybridized carbons (Fsp3) is 0.406. The van der Waals surface area contributed by atoms with Crippen LogP contribution < -0.4 is 21.9 Å². The molecule has 39 heavy (non-hydrogen) atoms. The summed E-state index contributed by atoms with van der Waals surface area (Å²) < 4.78 is 2.01. The highest BCUT2D eigenvalue weighted by atomic mass is 32.1. The van der Waals surface area contributed by atoms with Crippen molar-refractivity contribution in [3.63, 3.8) is 0 Å². The Balaban J connectivity index is 0.000000160. The number of fused-ring (bicyclic) bond motifs is 4. The molecule has 1 amide bonds. The molecule has 2 heterocycles. The van der Waals surface area contributed by atoms with E-state index in [4.69, 9.17) is 5.73 Å².